The third-order valence-corrected chi connectivity index (χ3v) is 5.22. The molecular formula is C21H23N5O3S. The lowest BCUT2D eigenvalue weighted by Crippen LogP contribution is -2.11. The monoisotopic (exact) mass is 425 g/mol. The molecule has 0 aliphatic heterocycles. The van der Waals surface area contributed by atoms with E-state index in [0.29, 0.717) is 34.3 Å². The van der Waals surface area contributed by atoms with Gasteiger partial charge in [-0.25, -0.2) is 0 Å². The van der Waals surface area contributed by atoms with Gasteiger partial charge in [0, 0.05) is 17.7 Å². The van der Waals surface area contributed by atoms with Crippen LogP contribution in [-0.4, -0.2) is 44.8 Å². The molecule has 0 spiro atoms. The lowest BCUT2D eigenvalue weighted by molar-refractivity contribution is -0.116. The maximum atomic E-state index is 12.6. The molecule has 1 aromatic heterocycles. The van der Waals surface area contributed by atoms with Crippen LogP contribution in [0.15, 0.2) is 47.6 Å². The summed E-state index contributed by atoms with van der Waals surface area (Å²) in [5.41, 5.74) is 2.99. The molecule has 8 nitrogen and oxygen atoms in total. The first-order valence-corrected chi connectivity index (χ1v) is 10.5. The minimum atomic E-state index is -0.0582. The number of amides is 1. The number of nitrogens with one attached hydrogen (secondary N) is 1. The number of ether oxygens (including phenoxy) is 1. The van der Waals surface area contributed by atoms with E-state index in [1.807, 2.05) is 32.0 Å². The third-order valence-electron chi connectivity index (χ3n) is 4.30. The lowest BCUT2D eigenvalue weighted by Gasteiger charge is -2.10. The van der Waals surface area contributed by atoms with E-state index >= 15 is 0 Å². The van der Waals surface area contributed by atoms with Crippen molar-refractivity contribution >= 4 is 29.1 Å². The number of tetrazole rings is 1. The van der Waals surface area contributed by atoms with Gasteiger partial charge in [-0.1, -0.05) is 24.8 Å². The van der Waals surface area contributed by atoms with E-state index in [-0.39, 0.29) is 17.4 Å². The van der Waals surface area contributed by atoms with E-state index in [1.54, 1.807) is 36.1 Å². The van der Waals surface area contributed by atoms with Gasteiger partial charge in [-0.3, -0.25) is 9.59 Å². The molecule has 9 heteroatoms. The summed E-state index contributed by atoms with van der Waals surface area (Å²) >= 11 is 1.25. The Morgan fingerprint density at radius 1 is 1.17 bits per heavy atom. The van der Waals surface area contributed by atoms with Crippen molar-refractivity contribution < 1.29 is 14.3 Å². The van der Waals surface area contributed by atoms with Gasteiger partial charge in [0.1, 0.15) is 11.4 Å². The zero-order valence-electron chi connectivity index (χ0n) is 17.1. The van der Waals surface area contributed by atoms with Crippen molar-refractivity contribution in [1.82, 2.24) is 20.2 Å². The van der Waals surface area contributed by atoms with Crippen LogP contribution in [0, 0.1) is 6.92 Å². The van der Waals surface area contributed by atoms with E-state index < -0.39 is 0 Å². The van der Waals surface area contributed by atoms with Gasteiger partial charge < -0.3 is 10.1 Å². The van der Waals surface area contributed by atoms with E-state index in [9.17, 15) is 9.59 Å². The van der Waals surface area contributed by atoms with Crippen LogP contribution >= 0.6 is 11.8 Å². The molecule has 2 aromatic carbocycles. The highest BCUT2D eigenvalue weighted by Crippen LogP contribution is 2.27. The van der Waals surface area contributed by atoms with Gasteiger partial charge in [0.2, 0.25) is 11.1 Å². The van der Waals surface area contributed by atoms with Crippen molar-refractivity contribution in [2.45, 2.75) is 31.8 Å². The highest BCUT2D eigenvalue weighted by molar-refractivity contribution is 7.99. The maximum Gasteiger partial charge on any atom is 0.224 e. The molecule has 0 saturated heterocycles. The zero-order chi connectivity index (χ0) is 21.5. The average Bonchev–Trinajstić information content (AvgIpc) is 3.21. The number of methoxy groups -OCH3 is 1. The smallest absolute Gasteiger partial charge is 0.224 e. The predicted octanol–water partition coefficient (Wildman–Crippen LogP) is 3.69. The predicted molar refractivity (Wildman–Crippen MR) is 115 cm³/mol. The van der Waals surface area contributed by atoms with Crippen LogP contribution in [0.5, 0.6) is 5.75 Å². The second-order valence-electron chi connectivity index (χ2n) is 6.64. The molecule has 1 N–H and O–H groups in total. The number of thioether (sulfide) groups is 1. The Morgan fingerprint density at radius 3 is 2.63 bits per heavy atom. The maximum absolute atomic E-state index is 12.6. The Balaban J connectivity index is 1.67. The quantitative estimate of drug-likeness (QED) is 0.412. The molecule has 30 heavy (non-hydrogen) atoms. The van der Waals surface area contributed by atoms with Gasteiger partial charge in [0.25, 0.3) is 0 Å². The Bertz CT molecular complexity index is 1030. The van der Waals surface area contributed by atoms with Crippen LogP contribution in [0.1, 0.15) is 35.7 Å². The molecule has 3 aromatic rings. The molecule has 0 saturated carbocycles. The van der Waals surface area contributed by atoms with Crippen molar-refractivity contribution in [3.63, 3.8) is 0 Å². The fraction of sp³-hybridized carbons (Fsp3) is 0.286. The van der Waals surface area contributed by atoms with Gasteiger partial charge in [-0.05, 0) is 65.7 Å². The summed E-state index contributed by atoms with van der Waals surface area (Å²) < 4.78 is 6.97. The van der Waals surface area contributed by atoms with Gasteiger partial charge in [0.05, 0.1) is 12.9 Å². The second-order valence-corrected chi connectivity index (χ2v) is 7.58. The SMILES string of the molecule is CCCC(=O)Nc1ccc(C(=O)CSc2nnnn2-c2cc(C)ccc2OC)cc1. The number of rotatable bonds is 9. The van der Waals surface area contributed by atoms with Crippen molar-refractivity contribution in [1.29, 1.82) is 0 Å². The van der Waals surface area contributed by atoms with E-state index in [0.717, 1.165) is 12.0 Å². The molecular weight excluding hydrogens is 402 g/mol. The fourth-order valence-corrected chi connectivity index (χ4v) is 3.57. The molecule has 1 heterocycles. The highest BCUT2D eigenvalue weighted by atomic mass is 32.2. The van der Waals surface area contributed by atoms with Crippen molar-refractivity contribution in [2.75, 3.05) is 18.2 Å². The van der Waals surface area contributed by atoms with E-state index in [2.05, 4.69) is 20.8 Å². The topological polar surface area (TPSA) is 99.0 Å². The number of anilines is 1. The lowest BCUT2D eigenvalue weighted by atomic mass is 10.1. The molecule has 0 aliphatic carbocycles. The largest absolute Gasteiger partial charge is 0.494 e. The molecule has 156 valence electrons. The molecule has 0 aliphatic rings. The number of nitrogens with zero attached hydrogens (tertiary/aromatic N) is 4. The van der Waals surface area contributed by atoms with E-state index in [4.69, 9.17) is 4.74 Å². The summed E-state index contributed by atoms with van der Waals surface area (Å²) in [5.74, 6) is 0.722. The molecule has 3 rings (SSSR count). The number of benzene rings is 2. The van der Waals surface area contributed by atoms with Crippen LogP contribution in [-0.2, 0) is 4.79 Å². The normalized spacial score (nSPS) is 10.6. The number of aryl methyl sites for hydroxylation is 1. The molecule has 0 unspecified atom stereocenters. The first kappa shape index (κ1) is 21.5. The number of aromatic nitrogens is 4. The van der Waals surface area contributed by atoms with Crippen LogP contribution in [0.25, 0.3) is 5.69 Å². The number of hydrogen-bond donors (Lipinski definition) is 1. The minimum absolute atomic E-state index is 0.0365. The van der Waals surface area contributed by atoms with Crippen molar-refractivity contribution in [2.24, 2.45) is 0 Å². The van der Waals surface area contributed by atoms with E-state index in [1.165, 1.54) is 11.8 Å². The fourth-order valence-electron chi connectivity index (χ4n) is 2.79. The Hall–Kier alpha value is -3.20. The van der Waals surface area contributed by atoms with Crippen LogP contribution in [0.2, 0.25) is 0 Å². The average molecular weight is 426 g/mol. The van der Waals surface area contributed by atoms with Crippen LogP contribution in [0.4, 0.5) is 5.69 Å². The molecule has 0 atom stereocenters. The number of carbonyl (C=O) groups is 2. The third kappa shape index (κ3) is 5.24. The highest BCUT2D eigenvalue weighted by Gasteiger charge is 2.16. The summed E-state index contributed by atoms with van der Waals surface area (Å²) in [7, 11) is 1.59. The van der Waals surface area contributed by atoms with Gasteiger partial charge in [0.15, 0.2) is 5.78 Å². The Labute approximate surface area is 179 Å². The summed E-state index contributed by atoms with van der Waals surface area (Å²) in [4.78, 5) is 24.3. The number of carbonyl (C=O) groups excluding carboxylic acids is 2. The van der Waals surface area contributed by atoms with Gasteiger partial charge in [-0.2, -0.15) is 4.68 Å². The van der Waals surface area contributed by atoms with Crippen LogP contribution < -0.4 is 10.1 Å². The summed E-state index contributed by atoms with van der Waals surface area (Å²) in [6.07, 6.45) is 1.26. The summed E-state index contributed by atoms with van der Waals surface area (Å²) in [6.45, 7) is 3.92. The van der Waals surface area contributed by atoms with Gasteiger partial charge in [-0.15, -0.1) is 5.10 Å². The molecule has 0 radical (unpaired) electrons. The Morgan fingerprint density at radius 2 is 1.93 bits per heavy atom. The summed E-state index contributed by atoms with van der Waals surface area (Å²) in [6, 6.07) is 12.6. The number of hydrogen-bond acceptors (Lipinski definition) is 7. The van der Waals surface area contributed by atoms with Gasteiger partial charge >= 0.3 is 0 Å². The van der Waals surface area contributed by atoms with Crippen LogP contribution in [0.3, 0.4) is 0 Å². The standard InChI is InChI=1S/C21H23N5O3S/c1-4-5-20(28)22-16-9-7-15(8-10-16)18(27)13-30-21-23-24-25-26(21)17-12-14(2)6-11-19(17)29-3/h6-12H,4-5,13H2,1-3H3,(H,22,28). The zero-order valence-corrected chi connectivity index (χ0v) is 17.9. The van der Waals surface area contributed by atoms with Crippen molar-refractivity contribution in [3.8, 4) is 11.4 Å². The number of Topliss-reactive ketones (excluding diaryl/α,β-unsaturated/α-hetero) is 1. The first-order chi connectivity index (χ1) is 14.5. The number of ketones is 1. The summed E-state index contributed by atoms with van der Waals surface area (Å²) in [5, 5.41) is 15.1. The molecule has 1 amide bonds. The minimum Gasteiger partial charge on any atom is -0.494 e. The molecule has 0 fully saturated rings. The second kappa shape index (κ2) is 10.0. The first-order valence-electron chi connectivity index (χ1n) is 9.51. The van der Waals surface area contributed by atoms with Crippen molar-refractivity contribution in [3.05, 3.63) is 53.6 Å². The Kier molecular flexibility index (Phi) is 7.18. The molecule has 0 bridgehead atoms.